The van der Waals surface area contributed by atoms with Gasteiger partial charge in [-0.1, -0.05) is 19.3 Å². The average molecular weight is 343 g/mol. The third-order valence-electron chi connectivity index (χ3n) is 5.18. The van der Waals surface area contributed by atoms with Gasteiger partial charge < -0.3 is 9.47 Å². The molecule has 0 aliphatic heterocycles. The first-order chi connectivity index (χ1) is 12.2. The number of ether oxygens (including phenoxy) is 2. The van der Waals surface area contributed by atoms with Gasteiger partial charge in [0.25, 0.3) is 0 Å². The van der Waals surface area contributed by atoms with Crippen molar-refractivity contribution in [2.24, 2.45) is 7.05 Å². The Bertz CT molecular complexity index is 655. The number of rotatable bonds is 7. The molecule has 1 saturated carbocycles. The summed E-state index contributed by atoms with van der Waals surface area (Å²) < 4.78 is 12.8. The van der Waals surface area contributed by atoms with Gasteiger partial charge in [0.15, 0.2) is 0 Å². The highest BCUT2D eigenvalue weighted by Gasteiger charge is 2.22. The number of benzene rings is 1. The van der Waals surface area contributed by atoms with E-state index in [9.17, 15) is 0 Å². The number of nitrogens with zero attached hydrogens (tertiary/aromatic N) is 3. The largest absolute Gasteiger partial charge is 0.497 e. The Morgan fingerprint density at radius 1 is 1.04 bits per heavy atom. The molecule has 0 atom stereocenters. The van der Waals surface area contributed by atoms with Crippen molar-refractivity contribution < 1.29 is 9.47 Å². The summed E-state index contributed by atoms with van der Waals surface area (Å²) in [7, 11) is 5.42. The quantitative estimate of drug-likeness (QED) is 0.767. The molecule has 0 radical (unpaired) electrons. The molecule has 1 aliphatic carbocycles. The fourth-order valence-corrected chi connectivity index (χ4v) is 3.72. The molecule has 1 fully saturated rings. The van der Waals surface area contributed by atoms with Gasteiger partial charge in [-0.05, 0) is 36.6 Å². The summed E-state index contributed by atoms with van der Waals surface area (Å²) in [5.74, 6) is 1.69. The molecule has 3 rings (SSSR count). The predicted octanol–water partition coefficient (Wildman–Crippen LogP) is 3.77. The van der Waals surface area contributed by atoms with Gasteiger partial charge in [0.2, 0.25) is 0 Å². The van der Waals surface area contributed by atoms with Crippen LogP contribution in [0, 0.1) is 0 Å². The van der Waals surface area contributed by atoms with Gasteiger partial charge in [-0.15, -0.1) is 0 Å². The fourth-order valence-electron chi connectivity index (χ4n) is 3.72. The highest BCUT2D eigenvalue weighted by molar-refractivity contribution is 5.38. The van der Waals surface area contributed by atoms with Gasteiger partial charge in [0.05, 0.1) is 19.9 Å². The van der Waals surface area contributed by atoms with E-state index in [4.69, 9.17) is 9.47 Å². The molecule has 0 bridgehead atoms. The lowest BCUT2D eigenvalue weighted by Crippen LogP contribution is -2.36. The van der Waals surface area contributed by atoms with Crippen LogP contribution >= 0.6 is 0 Å². The molecule has 0 N–H and O–H groups in total. The van der Waals surface area contributed by atoms with Crippen LogP contribution in [0.4, 0.5) is 0 Å². The Hall–Kier alpha value is -2.01. The minimum atomic E-state index is 0.626. The Morgan fingerprint density at radius 3 is 2.28 bits per heavy atom. The minimum absolute atomic E-state index is 0.626. The molecule has 2 aromatic rings. The topological polar surface area (TPSA) is 39.5 Å². The first-order valence-corrected chi connectivity index (χ1v) is 9.12. The third-order valence-corrected chi connectivity index (χ3v) is 5.18. The summed E-state index contributed by atoms with van der Waals surface area (Å²) in [4.78, 5) is 2.59. The Balaban J connectivity index is 1.82. The SMILES string of the molecule is COc1cc(CN(Cc2ccnn2C)C2CCCCC2)cc(OC)c1. The number of hydrogen-bond donors (Lipinski definition) is 0. The summed E-state index contributed by atoms with van der Waals surface area (Å²) in [5.41, 5.74) is 2.48. The zero-order valence-electron chi connectivity index (χ0n) is 15.6. The van der Waals surface area contributed by atoms with Crippen LogP contribution in [0.25, 0.3) is 0 Å². The first-order valence-electron chi connectivity index (χ1n) is 9.12. The molecule has 5 nitrogen and oxygen atoms in total. The molecule has 1 aromatic carbocycles. The van der Waals surface area contributed by atoms with Crippen LogP contribution in [0.15, 0.2) is 30.5 Å². The van der Waals surface area contributed by atoms with Crippen molar-refractivity contribution in [2.75, 3.05) is 14.2 Å². The van der Waals surface area contributed by atoms with Crippen LogP contribution in [-0.2, 0) is 20.1 Å². The Morgan fingerprint density at radius 2 is 1.72 bits per heavy atom. The van der Waals surface area contributed by atoms with Crippen molar-refractivity contribution >= 4 is 0 Å². The molecule has 1 aliphatic rings. The van der Waals surface area contributed by atoms with Crippen molar-refractivity contribution in [3.63, 3.8) is 0 Å². The van der Waals surface area contributed by atoms with Crippen LogP contribution in [0.5, 0.6) is 11.5 Å². The maximum Gasteiger partial charge on any atom is 0.122 e. The Labute approximate surface area is 150 Å². The summed E-state index contributed by atoms with van der Waals surface area (Å²) in [6, 6.07) is 8.89. The van der Waals surface area contributed by atoms with E-state index >= 15 is 0 Å². The third kappa shape index (κ3) is 4.54. The molecule has 1 heterocycles. The molecular weight excluding hydrogens is 314 g/mol. The Kier molecular flexibility index (Phi) is 5.97. The molecule has 0 unspecified atom stereocenters. The lowest BCUT2D eigenvalue weighted by molar-refractivity contribution is 0.136. The van der Waals surface area contributed by atoms with E-state index in [2.05, 4.69) is 28.2 Å². The number of hydrogen-bond acceptors (Lipinski definition) is 4. The predicted molar refractivity (Wildman–Crippen MR) is 98.9 cm³/mol. The van der Waals surface area contributed by atoms with E-state index < -0.39 is 0 Å². The van der Waals surface area contributed by atoms with E-state index in [1.165, 1.54) is 43.4 Å². The summed E-state index contributed by atoms with van der Waals surface area (Å²) in [6.45, 7) is 1.81. The molecule has 1 aromatic heterocycles. The van der Waals surface area contributed by atoms with Crippen molar-refractivity contribution in [3.8, 4) is 11.5 Å². The van der Waals surface area contributed by atoms with E-state index in [1.807, 2.05) is 24.0 Å². The fraction of sp³-hybridized carbons (Fsp3) is 0.550. The van der Waals surface area contributed by atoms with Gasteiger partial charge in [-0.3, -0.25) is 9.58 Å². The second-order valence-corrected chi connectivity index (χ2v) is 6.86. The molecule has 0 amide bonds. The standard InChI is InChI=1S/C20H29N3O2/c1-22-18(9-10-21-22)15-23(17-7-5-4-6-8-17)14-16-11-19(24-2)13-20(12-16)25-3/h9-13,17H,4-8,14-15H2,1-3H3. The van der Waals surface area contributed by atoms with Crippen LogP contribution in [-0.4, -0.2) is 34.9 Å². The highest BCUT2D eigenvalue weighted by Crippen LogP contribution is 2.28. The van der Waals surface area contributed by atoms with Crippen molar-refractivity contribution in [3.05, 3.63) is 41.7 Å². The van der Waals surface area contributed by atoms with E-state index in [0.29, 0.717) is 6.04 Å². The molecule has 25 heavy (non-hydrogen) atoms. The van der Waals surface area contributed by atoms with E-state index in [1.54, 1.807) is 14.2 Å². The van der Waals surface area contributed by atoms with Gasteiger partial charge in [-0.2, -0.15) is 5.10 Å². The maximum atomic E-state index is 5.44. The molecule has 0 saturated heterocycles. The normalized spacial score (nSPS) is 15.5. The lowest BCUT2D eigenvalue weighted by atomic mass is 9.93. The second kappa shape index (κ2) is 8.39. The lowest BCUT2D eigenvalue weighted by Gasteiger charge is -2.34. The van der Waals surface area contributed by atoms with Gasteiger partial charge in [0, 0.05) is 38.4 Å². The van der Waals surface area contributed by atoms with Gasteiger partial charge in [0.1, 0.15) is 11.5 Å². The highest BCUT2D eigenvalue weighted by atomic mass is 16.5. The smallest absolute Gasteiger partial charge is 0.122 e. The molecule has 136 valence electrons. The number of aromatic nitrogens is 2. The summed E-state index contributed by atoms with van der Waals surface area (Å²) in [5, 5.41) is 4.33. The van der Waals surface area contributed by atoms with Crippen LogP contribution in [0.2, 0.25) is 0 Å². The van der Waals surface area contributed by atoms with Crippen LogP contribution in [0.1, 0.15) is 43.4 Å². The first kappa shape index (κ1) is 17.8. The van der Waals surface area contributed by atoms with Gasteiger partial charge in [-0.25, -0.2) is 0 Å². The van der Waals surface area contributed by atoms with E-state index in [-0.39, 0.29) is 0 Å². The zero-order valence-corrected chi connectivity index (χ0v) is 15.6. The number of aryl methyl sites for hydroxylation is 1. The second-order valence-electron chi connectivity index (χ2n) is 6.86. The average Bonchev–Trinajstić information content (AvgIpc) is 3.06. The van der Waals surface area contributed by atoms with Crippen LogP contribution in [0.3, 0.4) is 0 Å². The van der Waals surface area contributed by atoms with Crippen molar-refractivity contribution in [2.45, 2.75) is 51.2 Å². The molecular formula is C20H29N3O2. The van der Waals surface area contributed by atoms with Crippen molar-refractivity contribution in [1.29, 1.82) is 0 Å². The zero-order chi connectivity index (χ0) is 17.6. The molecule has 5 heteroatoms. The number of methoxy groups -OCH3 is 2. The minimum Gasteiger partial charge on any atom is -0.497 e. The van der Waals surface area contributed by atoms with Crippen LogP contribution < -0.4 is 9.47 Å². The maximum absolute atomic E-state index is 5.44. The van der Waals surface area contributed by atoms with E-state index in [0.717, 1.165) is 24.6 Å². The van der Waals surface area contributed by atoms with Crippen molar-refractivity contribution in [1.82, 2.24) is 14.7 Å². The van der Waals surface area contributed by atoms with Gasteiger partial charge >= 0.3 is 0 Å². The monoisotopic (exact) mass is 343 g/mol. The molecule has 0 spiro atoms. The summed E-state index contributed by atoms with van der Waals surface area (Å²) in [6.07, 6.45) is 8.45. The summed E-state index contributed by atoms with van der Waals surface area (Å²) >= 11 is 0.